The van der Waals surface area contributed by atoms with Gasteiger partial charge in [-0.15, -0.1) is 0 Å². The van der Waals surface area contributed by atoms with E-state index in [4.69, 9.17) is 9.47 Å². The molecule has 0 saturated carbocycles. The number of carbonyl (C=O) groups excluding carboxylic acids is 1. The van der Waals surface area contributed by atoms with Crippen molar-refractivity contribution >= 4 is 11.6 Å². The second-order valence-corrected chi connectivity index (χ2v) is 8.29. The van der Waals surface area contributed by atoms with Gasteiger partial charge in [0.1, 0.15) is 18.5 Å². The van der Waals surface area contributed by atoms with Crippen molar-refractivity contribution in [2.24, 2.45) is 0 Å². The van der Waals surface area contributed by atoms with E-state index in [1.54, 1.807) is 6.20 Å². The summed E-state index contributed by atoms with van der Waals surface area (Å²) in [6, 6.07) is 21.9. The molecule has 6 heteroatoms. The quantitative estimate of drug-likeness (QED) is 0.523. The standard InChI is InChI=1S/C27H31N3O3/c1-3-28-27(31)20(2)22-9-11-24(12-10-22)33-25-14-16-30(18-25)23-13-15-29-26(17-23)32-19-21-7-5-4-6-8-21/h4-13,15,17,20,25H,3,14,16,18-19H2,1-2H3,(H,28,31). The Labute approximate surface area is 195 Å². The fraction of sp³-hybridized carbons (Fsp3) is 0.333. The molecule has 6 nitrogen and oxygen atoms in total. The average Bonchev–Trinajstić information content (AvgIpc) is 3.32. The highest BCUT2D eigenvalue weighted by Crippen LogP contribution is 2.27. The van der Waals surface area contributed by atoms with Crippen molar-refractivity contribution in [3.63, 3.8) is 0 Å². The van der Waals surface area contributed by atoms with E-state index in [2.05, 4.69) is 15.2 Å². The highest BCUT2D eigenvalue weighted by Gasteiger charge is 2.25. The summed E-state index contributed by atoms with van der Waals surface area (Å²) in [7, 11) is 0. The maximum atomic E-state index is 12.1. The number of nitrogens with zero attached hydrogens (tertiary/aromatic N) is 2. The van der Waals surface area contributed by atoms with Gasteiger partial charge in [0, 0.05) is 37.5 Å². The number of benzene rings is 2. The van der Waals surface area contributed by atoms with Gasteiger partial charge in [-0.05, 0) is 43.2 Å². The minimum Gasteiger partial charge on any atom is -0.489 e. The summed E-state index contributed by atoms with van der Waals surface area (Å²) in [5.74, 6) is 1.32. The summed E-state index contributed by atoms with van der Waals surface area (Å²) in [5, 5.41) is 2.87. The lowest BCUT2D eigenvalue weighted by Crippen LogP contribution is -2.27. The number of aromatic nitrogens is 1. The van der Waals surface area contributed by atoms with Gasteiger partial charge in [-0.25, -0.2) is 4.98 Å². The van der Waals surface area contributed by atoms with E-state index in [-0.39, 0.29) is 17.9 Å². The molecule has 2 heterocycles. The Morgan fingerprint density at radius 1 is 1.15 bits per heavy atom. The number of carbonyl (C=O) groups is 1. The van der Waals surface area contributed by atoms with Crippen molar-refractivity contribution in [2.45, 2.75) is 38.9 Å². The molecule has 172 valence electrons. The molecule has 1 aliphatic heterocycles. The van der Waals surface area contributed by atoms with E-state index in [1.165, 1.54) is 0 Å². The summed E-state index contributed by atoms with van der Waals surface area (Å²) >= 11 is 0. The molecule has 2 aromatic carbocycles. The fourth-order valence-corrected chi connectivity index (χ4v) is 3.97. The van der Waals surface area contributed by atoms with Crippen LogP contribution in [0.5, 0.6) is 11.6 Å². The van der Waals surface area contributed by atoms with Crippen molar-refractivity contribution in [3.8, 4) is 11.6 Å². The summed E-state index contributed by atoms with van der Waals surface area (Å²) in [6.07, 6.45) is 2.84. The van der Waals surface area contributed by atoms with Crippen LogP contribution in [-0.4, -0.2) is 36.6 Å². The van der Waals surface area contributed by atoms with E-state index in [1.807, 2.05) is 80.6 Å². The van der Waals surface area contributed by atoms with E-state index < -0.39 is 0 Å². The number of nitrogens with one attached hydrogen (secondary N) is 1. The summed E-state index contributed by atoms with van der Waals surface area (Å²) in [4.78, 5) is 18.7. The van der Waals surface area contributed by atoms with Gasteiger partial charge >= 0.3 is 0 Å². The first-order valence-corrected chi connectivity index (χ1v) is 11.5. The van der Waals surface area contributed by atoms with Crippen molar-refractivity contribution in [3.05, 3.63) is 84.1 Å². The van der Waals surface area contributed by atoms with Gasteiger partial charge in [0.05, 0.1) is 12.5 Å². The third-order valence-corrected chi connectivity index (χ3v) is 5.89. The highest BCUT2D eigenvalue weighted by atomic mass is 16.5. The first-order valence-electron chi connectivity index (χ1n) is 11.5. The van der Waals surface area contributed by atoms with Crippen LogP contribution < -0.4 is 19.7 Å². The van der Waals surface area contributed by atoms with E-state index in [0.717, 1.165) is 42.1 Å². The molecule has 1 aliphatic rings. The van der Waals surface area contributed by atoms with Crippen molar-refractivity contribution in [1.82, 2.24) is 10.3 Å². The lowest BCUT2D eigenvalue weighted by atomic mass is 10.0. The predicted molar refractivity (Wildman–Crippen MR) is 130 cm³/mol. The molecule has 3 aromatic rings. The van der Waals surface area contributed by atoms with E-state index in [0.29, 0.717) is 19.0 Å². The smallest absolute Gasteiger partial charge is 0.227 e. The third kappa shape index (κ3) is 6.04. The van der Waals surface area contributed by atoms with Gasteiger partial charge in [0.15, 0.2) is 0 Å². The molecule has 1 amide bonds. The molecule has 33 heavy (non-hydrogen) atoms. The van der Waals surface area contributed by atoms with Gasteiger partial charge in [0.2, 0.25) is 11.8 Å². The zero-order valence-corrected chi connectivity index (χ0v) is 19.2. The van der Waals surface area contributed by atoms with Crippen LogP contribution in [0.2, 0.25) is 0 Å². The SMILES string of the molecule is CCNC(=O)C(C)c1ccc(OC2CCN(c3ccnc(OCc4ccccc4)c3)C2)cc1. The molecule has 1 aromatic heterocycles. The number of anilines is 1. The normalized spacial score (nSPS) is 16.3. The number of ether oxygens (including phenoxy) is 2. The van der Waals surface area contributed by atoms with Crippen LogP contribution >= 0.6 is 0 Å². The molecule has 1 saturated heterocycles. The molecule has 0 spiro atoms. The lowest BCUT2D eigenvalue weighted by molar-refractivity contribution is -0.122. The number of rotatable bonds is 9. The zero-order valence-electron chi connectivity index (χ0n) is 19.2. The largest absolute Gasteiger partial charge is 0.489 e. The molecule has 2 unspecified atom stereocenters. The van der Waals surface area contributed by atoms with Crippen LogP contribution in [0.3, 0.4) is 0 Å². The Morgan fingerprint density at radius 2 is 1.94 bits per heavy atom. The van der Waals surface area contributed by atoms with Crippen LogP contribution in [0.25, 0.3) is 0 Å². The summed E-state index contributed by atoms with van der Waals surface area (Å²) in [5.41, 5.74) is 3.19. The van der Waals surface area contributed by atoms with Gasteiger partial charge in [-0.3, -0.25) is 4.79 Å². The summed E-state index contributed by atoms with van der Waals surface area (Å²) in [6.45, 7) is 6.70. The maximum Gasteiger partial charge on any atom is 0.227 e. The Hall–Kier alpha value is -3.54. The van der Waals surface area contributed by atoms with Gasteiger partial charge < -0.3 is 19.7 Å². The Morgan fingerprint density at radius 3 is 2.70 bits per heavy atom. The van der Waals surface area contributed by atoms with Gasteiger partial charge in [-0.1, -0.05) is 42.5 Å². The van der Waals surface area contributed by atoms with Crippen LogP contribution in [0.15, 0.2) is 72.9 Å². The molecule has 1 fully saturated rings. The van der Waals surface area contributed by atoms with Crippen molar-refractivity contribution < 1.29 is 14.3 Å². The minimum atomic E-state index is -0.175. The second kappa shape index (κ2) is 10.9. The van der Waals surface area contributed by atoms with Gasteiger partial charge in [0.25, 0.3) is 0 Å². The van der Waals surface area contributed by atoms with Crippen LogP contribution in [-0.2, 0) is 11.4 Å². The monoisotopic (exact) mass is 445 g/mol. The number of likely N-dealkylation sites (N-methyl/N-ethyl adjacent to an activating group) is 1. The molecule has 0 aliphatic carbocycles. The molecular weight excluding hydrogens is 414 g/mol. The zero-order chi connectivity index (χ0) is 23.0. The van der Waals surface area contributed by atoms with E-state index in [9.17, 15) is 4.79 Å². The maximum absolute atomic E-state index is 12.1. The summed E-state index contributed by atoms with van der Waals surface area (Å²) < 4.78 is 12.1. The highest BCUT2D eigenvalue weighted by molar-refractivity contribution is 5.83. The number of hydrogen-bond acceptors (Lipinski definition) is 5. The molecule has 4 rings (SSSR count). The number of pyridine rings is 1. The molecule has 1 N–H and O–H groups in total. The average molecular weight is 446 g/mol. The van der Waals surface area contributed by atoms with Crippen molar-refractivity contribution in [2.75, 3.05) is 24.5 Å². The molecule has 0 bridgehead atoms. The Bertz CT molecular complexity index is 1040. The van der Waals surface area contributed by atoms with E-state index >= 15 is 0 Å². The predicted octanol–water partition coefficient (Wildman–Crippen LogP) is 4.56. The second-order valence-electron chi connectivity index (χ2n) is 8.29. The van der Waals surface area contributed by atoms with Crippen LogP contribution in [0.1, 0.15) is 37.3 Å². The lowest BCUT2D eigenvalue weighted by Gasteiger charge is -2.20. The fourth-order valence-electron chi connectivity index (χ4n) is 3.97. The Balaban J connectivity index is 1.31. The molecular formula is C27H31N3O3. The first-order chi connectivity index (χ1) is 16.1. The molecule has 0 radical (unpaired) electrons. The molecule has 2 atom stereocenters. The van der Waals surface area contributed by atoms with Gasteiger partial charge in [-0.2, -0.15) is 0 Å². The number of hydrogen-bond donors (Lipinski definition) is 1. The Kier molecular flexibility index (Phi) is 7.45. The number of amides is 1. The van der Waals surface area contributed by atoms with Crippen LogP contribution in [0, 0.1) is 0 Å². The topological polar surface area (TPSA) is 63.7 Å². The van der Waals surface area contributed by atoms with Crippen LogP contribution in [0.4, 0.5) is 5.69 Å². The first kappa shape index (κ1) is 22.6. The third-order valence-electron chi connectivity index (χ3n) is 5.89. The van der Waals surface area contributed by atoms with Crippen molar-refractivity contribution in [1.29, 1.82) is 0 Å². The minimum absolute atomic E-state index is 0.0436.